The molecule has 3 rings (SSSR count). The molecule has 0 saturated heterocycles. The van der Waals surface area contributed by atoms with Crippen LogP contribution in [-0.2, 0) is 6.54 Å². The van der Waals surface area contributed by atoms with Crippen LogP contribution in [0.3, 0.4) is 0 Å². The largest absolute Gasteiger partial charge is 0.504 e. The summed E-state index contributed by atoms with van der Waals surface area (Å²) in [5, 5.41) is 22.9. The highest BCUT2D eigenvalue weighted by Gasteiger charge is 2.07. The van der Waals surface area contributed by atoms with E-state index in [0.717, 1.165) is 22.0 Å². The van der Waals surface area contributed by atoms with Crippen LogP contribution in [0, 0.1) is 13.8 Å². The highest BCUT2D eigenvalue weighted by Crippen LogP contribution is 2.27. The predicted octanol–water partition coefficient (Wildman–Crippen LogP) is 3.17. The van der Waals surface area contributed by atoms with Gasteiger partial charge >= 0.3 is 0 Å². The molecule has 0 aliphatic heterocycles. The van der Waals surface area contributed by atoms with Gasteiger partial charge in [0.15, 0.2) is 11.5 Å². The van der Waals surface area contributed by atoms with E-state index < -0.39 is 0 Å². The van der Waals surface area contributed by atoms with Crippen molar-refractivity contribution in [3.8, 4) is 11.5 Å². The fourth-order valence-electron chi connectivity index (χ4n) is 2.68. The van der Waals surface area contributed by atoms with Gasteiger partial charge < -0.3 is 20.5 Å². The molecule has 1 aromatic heterocycles. The smallest absolute Gasteiger partial charge is 0.253 e. The van der Waals surface area contributed by atoms with E-state index in [1.54, 1.807) is 6.07 Å². The first kappa shape index (κ1) is 15.0. The third-order valence-corrected chi connectivity index (χ3v) is 3.85. The highest BCUT2D eigenvalue weighted by atomic mass is 16.3. The van der Waals surface area contributed by atoms with E-state index in [-0.39, 0.29) is 17.1 Å². The number of benzene rings is 2. The molecule has 0 spiro atoms. The number of rotatable bonds is 3. The van der Waals surface area contributed by atoms with Crippen LogP contribution in [0.25, 0.3) is 10.9 Å². The van der Waals surface area contributed by atoms with Crippen LogP contribution >= 0.6 is 0 Å². The number of H-pyrrole nitrogens is 1. The molecule has 3 aromatic rings. The second-order valence-corrected chi connectivity index (χ2v) is 5.72. The molecule has 118 valence electrons. The zero-order valence-electron chi connectivity index (χ0n) is 13.0. The van der Waals surface area contributed by atoms with E-state index in [4.69, 9.17) is 0 Å². The summed E-state index contributed by atoms with van der Waals surface area (Å²) in [6.45, 7) is 4.34. The number of phenols is 2. The Bertz CT molecular complexity index is 945. The van der Waals surface area contributed by atoms with Crippen LogP contribution in [0.2, 0.25) is 0 Å². The quantitative estimate of drug-likeness (QED) is 0.442. The summed E-state index contributed by atoms with van der Waals surface area (Å²) in [5.74, 6) is -0.376. The Morgan fingerprint density at radius 3 is 2.57 bits per heavy atom. The molecule has 5 nitrogen and oxygen atoms in total. The van der Waals surface area contributed by atoms with Gasteiger partial charge in [-0.3, -0.25) is 4.79 Å². The Kier molecular flexibility index (Phi) is 3.70. The van der Waals surface area contributed by atoms with Gasteiger partial charge in [-0.15, -0.1) is 0 Å². The van der Waals surface area contributed by atoms with Gasteiger partial charge in [0.1, 0.15) is 0 Å². The number of anilines is 1. The Morgan fingerprint density at radius 1 is 1.04 bits per heavy atom. The zero-order valence-corrected chi connectivity index (χ0v) is 13.0. The van der Waals surface area contributed by atoms with Crippen LogP contribution < -0.4 is 10.9 Å². The first-order chi connectivity index (χ1) is 10.9. The number of pyridine rings is 1. The van der Waals surface area contributed by atoms with E-state index in [1.165, 1.54) is 12.1 Å². The van der Waals surface area contributed by atoms with Crippen molar-refractivity contribution in [2.45, 2.75) is 20.4 Å². The van der Waals surface area contributed by atoms with Crippen molar-refractivity contribution in [2.75, 3.05) is 5.32 Å². The molecule has 0 bridgehead atoms. The average molecular weight is 310 g/mol. The monoisotopic (exact) mass is 310 g/mol. The van der Waals surface area contributed by atoms with E-state index in [9.17, 15) is 15.0 Å². The van der Waals surface area contributed by atoms with Gasteiger partial charge in [0.25, 0.3) is 5.56 Å². The van der Waals surface area contributed by atoms with E-state index >= 15 is 0 Å². The van der Waals surface area contributed by atoms with Crippen LogP contribution in [0.1, 0.15) is 16.7 Å². The fraction of sp³-hybridized carbons (Fsp3) is 0.167. The van der Waals surface area contributed by atoms with Crippen molar-refractivity contribution in [3.63, 3.8) is 0 Å². The molecule has 0 amide bonds. The lowest BCUT2D eigenvalue weighted by Crippen LogP contribution is -2.16. The number of hydrogen-bond donors (Lipinski definition) is 4. The van der Waals surface area contributed by atoms with Gasteiger partial charge in [-0.1, -0.05) is 6.07 Å². The number of aryl methyl sites for hydroxylation is 2. The Labute approximate surface area is 133 Å². The molecule has 0 radical (unpaired) electrons. The third-order valence-electron chi connectivity index (χ3n) is 3.85. The second kappa shape index (κ2) is 5.68. The molecule has 0 unspecified atom stereocenters. The maximum atomic E-state index is 12.2. The SMILES string of the molecule is Cc1cc(C)c2cc(CNc3ccc(O)c(O)c3)c(=O)[nH]c2c1. The number of fused-ring (bicyclic) bond motifs is 1. The molecule has 0 aliphatic rings. The number of phenolic OH excluding ortho intramolecular Hbond substituents is 2. The van der Waals surface area contributed by atoms with Crippen molar-refractivity contribution in [1.29, 1.82) is 0 Å². The number of nitrogens with one attached hydrogen (secondary N) is 2. The predicted molar refractivity (Wildman–Crippen MR) is 91.1 cm³/mol. The molecule has 23 heavy (non-hydrogen) atoms. The number of aromatic nitrogens is 1. The van der Waals surface area contributed by atoms with Crippen molar-refractivity contribution >= 4 is 16.6 Å². The standard InChI is InChI=1S/C18H18N2O3/c1-10-5-11(2)14-7-12(18(23)20-15(14)6-10)9-19-13-3-4-16(21)17(22)8-13/h3-8,19,21-22H,9H2,1-2H3,(H,20,23). The lowest BCUT2D eigenvalue weighted by molar-refractivity contribution is 0.404. The summed E-state index contributed by atoms with van der Waals surface area (Å²) >= 11 is 0. The van der Waals surface area contributed by atoms with E-state index in [2.05, 4.69) is 16.4 Å². The summed E-state index contributed by atoms with van der Waals surface area (Å²) in [5.41, 5.74) is 4.14. The molecular formula is C18H18N2O3. The fourth-order valence-corrected chi connectivity index (χ4v) is 2.68. The van der Waals surface area contributed by atoms with Crippen LogP contribution in [0.4, 0.5) is 5.69 Å². The molecule has 4 N–H and O–H groups in total. The summed E-state index contributed by atoms with van der Waals surface area (Å²) in [6.07, 6.45) is 0. The number of aromatic hydroxyl groups is 2. The molecule has 1 heterocycles. The zero-order chi connectivity index (χ0) is 16.6. The maximum Gasteiger partial charge on any atom is 0.253 e. The van der Waals surface area contributed by atoms with Crippen LogP contribution in [0.15, 0.2) is 41.2 Å². The van der Waals surface area contributed by atoms with Gasteiger partial charge in [-0.2, -0.15) is 0 Å². The number of hydrogen-bond acceptors (Lipinski definition) is 4. The van der Waals surface area contributed by atoms with Gasteiger partial charge in [-0.25, -0.2) is 0 Å². The topological polar surface area (TPSA) is 85.3 Å². The summed E-state index contributed by atoms with van der Waals surface area (Å²) in [6, 6.07) is 10.4. The average Bonchev–Trinajstić information content (AvgIpc) is 2.48. The Hall–Kier alpha value is -2.95. The van der Waals surface area contributed by atoms with Gasteiger partial charge in [-0.05, 0) is 49.2 Å². The molecule has 0 aliphatic carbocycles. The summed E-state index contributed by atoms with van der Waals surface area (Å²) in [4.78, 5) is 15.1. The van der Waals surface area contributed by atoms with Gasteiger partial charge in [0, 0.05) is 34.8 Å². The normalized spacial score (nSPS) is 10.9. The minimum atomic E-state index is -0.200. The van der Waals surface area contributed by atoms with Crippen LogP contribution in [-0.4, -0.2) is 15.2 Å². The molecule has 5 heteroatoms. The van der Waals surface area contributed by atoms with Crippen molar-refractivity contribution in [3.05, 3.63) is 63.4 Å². The van der Waals surface area contributed by atoms with Crippen molar-refractivity contribution in [2.24, 2.45) is 0 Å². The first-order valence-electron chi connectivity index (χ1n) is 7.33. The maximum absolute atomic E-state index is 12.2. The first-order valence-corrected chi connectivity index (χ1v) is 7.33. The second-order valence-electron chi connectivity index (χ2n) is 5.72. The Balaban J connectivity index is 1.92. The van der Waals surface area contributed by atoms with Crippen LogP contribution in [0.5, 0.6) is 11.5 Å². The van der Waals surface area contributed by atoms with Crippen molar-refractivity contribution < 1.29 is 10.2 Å². The summed E-state index contributed by atoms with van der Waals surface area (Å²) < 4.78 is 0. The van der Waals surface area contributed by atoms with E-state index in [0.29, 0.717) is 17.8 Å². The highest BCUT2D eigenvalue weighted by molar-refractivity contribution is 5.83. The molecular weight excluding hydrogens is 292 g/mol. The lowest BCUT2D eigenvalue weighted by Gasteiger charge is -2.10. The molecule has 0 saturated carbocycles. The van der Waals surface area contributed by atoms with E-state index in [1.807, 2.05) is 26.0 Å². The van der Waals surface area contributed by atoms with Gasteiger partial charge in [0.05, 0.1) is 0 Å². The minimum Gasteiger partial charge on any atom is -0.504 e. The lowest BCUT2D eigenvalue weighted by atomic mass is 10.0. The third kappa shape index (κ3) is 2.99. The minimum absolute atomic E-state index is 0.141. The van der Waals surface area contributed by atoms with Gasteiger partial charge in [0.2, 0.25) is 0 Å². The molecule has 0 fully saturated rings. The number of aromatic amines is 1. The molecule has 0 atom stereocenters. The summed E-state index contributed by atoms with van der Waals surface area (Å²) in [7, 11) is 0. The Morgan fingerprint density at radius 2 is 1.83 bits per heavy atom. The molecule has 2 aromatic carbocycles. The van der Waals surface area contributed by atoms with Crippen molar-refractivity contribution in [1.82, 2.24) is 4.98 Å².